The summed E-state index contributed by atoms with van der Waals surface area (Å²) in [5, 5.41) is 6.80. The van der Waals surface area contributed by atoms with Gasteiger partial charge in [-0.1, -0.05) is 18.2 Å². The quantitative estimate of drug-likeness (QED) is 0.705. The smallest absolute Gasteiger partial charge is 0.106 e. The van der Waals surface area contributed by atoms with Crippen LogP contribution in [-0.2, 0) is 0 Å². The number of rotatable bonds is 2. The van der Waals surface area contributed by atoms with Gasteiger partial charge in [0, 0.05) is 18.1 Å². The van der Waals surface area contributed by atoms with E-state index >= 15 is 0 Å². The van der Waals surface area contributed by atoms with Crippen molar-refractivity contribution in [2.75, 3.05) is 0 Å². The Bertz CT molecular complexity index is 566. The Morgan fingerprint density at radius 3 is 2.69 bits per heavy atom. The van der Waals surface area contributed by atoms with Crippen LogP contribution >= 0.6 is 0 Å². The summed E-state index contributed by atoms with van der Waals surface area (Å²) in [5.74, 6) is 0. The van der Waals surface area contributed by atoms with Crippen molar-refractivity contribution in [3.8, 4) is 17.1 Å². The molecule has 0 aliphatic rings. The van der Waals surface area contributed by atoms with E-state index in [9.17, 15) is 0 Å². The highest BCUT2D eigenvalue weighted by Crippen LogP contribution is 2.15. The van der Waals surface area contributed by atoms with Crippen molar-refractivity contribution in [3.05, 3.63) is 55.1 Å². The van der Waals surface area contributed by atoms with Gasteiger partial charge in [-0.15, -0.1) is 0 Å². The van der Waals surface area contributed by atoms with Crippen LogP contribution in [0.4, 0.5) is 0 Å². The summed E-state index contributed by atoms with van der Waals surface area (Å²) in [6.45, 7) is 0. The largest absolute Gasteiger partial charge is 0.306 e. The van der Waals surface area contributed by atoms with E-state index in [1.165, 1.54) is 0 Å². The van der Waals surface area contributed by atoms with E-state index in [2.05, 4.69) is 15.2 Å². The number of para-hydroxylation sites is 1. The minimum Gasteiger partial charge on any atom is -0.306 e. The molecule has 4 heteroatoms. The van der Waals surface area contributed by atoms with Crippen LogP contribution < -0.4 is 0 Å². The van der Waals surface area contributed by atoms with Gasteiger partial charge in [0.05, 0.1) is 12.0 Å². The number of hydrogen-bond acceptors (Lipinski definition) is 2. The lowest BCUT2D eigenvalue weighted by Crippen LogP contribution is -1.87. The van der Waals surface area contributed by atoms with Gasteiger partial charge in [-0.3, -0.25) is 5.10 Å². The molecule has 1 N–H and O–H groups in total. The molecule has 1 aromatic carbocycles. The van der Waals surface area contributed by atoms with Gasteiger partial charge < -0.3 is 4.57 Å². The average Bonchev–Trinajstić information content (AvgIpc) is 3.01. The SMILES string of the molecule is c1ccc(-n2cnc(-c3ccn[nH]3)c2)cc1. The zero-order valence-corrected chi connectivity index (χ0v) is 8.54. The number of aromatic nitrogens is 4. The summed E-state index contributed by atoms with van der Waals surface area (Å²) in [4.78, 5) is 4.33. The van der Waals surface area contributed by atoms with Gasteiger partial charge in [0.1, 0.15) is 5.69 Å². The monoisotopic (exact) mass is 210 g/mol. The lowest BCUT2D eigenvalue weighted by atomic mass is 10.3. The van der Waals surface area contributed by atoms with Gasteiger partial charge >= 0.3 is 0 Å². The molecule has 0 atom stereocenters. The standard InChI is InChI=1S/C12H10N4/c1-2-4-10(5-3-1)16-8-12(13-9-16)11-6-7-14-15-11/h1-9H,(H,14,15). The Kier molecular flexibility index (Phi) is 2.04. The van der Waals surface area contributed by atoms with Crippen molar-refractivity contribution >= 4 is 0 Å². The molecule has 0 fully saturated rings. The van der Waals surface area contributed by atoms with Gasteiger partial charge in [0.15, 0.2) is 0 Å². The summed E-state index contributed by atoms with van der Waals surface area (Å²) < 4.78 is 1.98. The molecule has 0 unspecified atom stereocenters. The fourth-order valence-corrected chi connectivity index (χ4v) is 1.60. The Hall–Kier alpha value is -2.36. The first-order chi connectivity index (χ1) is 7.93. The fraction of sp³-hybridized carbons (Fsp3) is 0. The van der Waals surface area contributed by atoms with E-state index in [1.54, 1.807) is 12.5 Å². The van der Waals surface area contributed by atoms with Gasteiger partial charge in [-0.2, -0.15) is 5.10 Å². The van der Waals surface area contributed by atoms with Gasteiger partial charge in [-0.05, 0) is 18.2 Å². The van der Waals surface area contributed by atoms with Crippen molar-refractivity contribution < 1.29 is 0 Å². The number of benzene rings is 1. The summed E-state index contributed by atoms with van der Waals surface area (Å²) in [6.07, 6.45) is 5.49. The summed E-state index contributed by atoms with van der Waals surface area (Å²) in [7, 11) is 0. The van der Waals surface area contributed by atoms with Crippen LogP contribution in [-0.4, -0.2) is 19.7 Å². The predicted octanol–water partition coefficient (Wildman–Crippen LogP) is 2.26. The van der Waals surface area contributed by atoms with E-state index in [1.807, 2.05) is 47.2 Å². The number of aromatic amines is 1. The molecule has 78 valence electrons. The van der Waals surface area contributed by atoms with Crippen LogP contribution in [0.3, 0.4) is 0 Å². The molecule has 0 amide bonds. The number of nitrogens with zero attached hydrogens (tertiary/aromatic N) is 3. The molecular weight excluding hydrogens is 200 g/mol. The summed E-state index contributed by atoms with van der Waals surface area (Å²) in [6, 6.07) is 12.0. The van der Waals surface area contributed by atoms with Crippen LogP contribution in [0.15, 0.2) is 55.1 Å². The average molecular weight is 210 g/mol. The molecule has 2 aromatic heterocycles. The minimum atomic E-state index is 0.890. The van der Waals surface area contributed by atoms with Gasteiger partial charge in [0.25, 0.3) is 0 Å². The molecule has 4 nitrogen and oxygen atoms in total. The van der Waals surface area contributed by atoms with Gasteiger partial charge in [-0.25, -0.2) is 4.98 Å². The van der Waals surface area contributed by atoms with Crippen molar-refractivity contribution in [1.82, 2.24) is 19.7 Å². The van der Waals surface area contributed by atoms with E-state index < -0.39 is 0 Å². The third-order valence-corrected chi connectivity index (χ3v) is 2.41. The second kappa shape index (κ2) is 3.66. The van der Waals surface area contributed by atoms with Crippen LogP contribution in [0.1, 0.15) is 0 Å². The highest BCUT2D eigenvalue weighted by molar-refractivity contribution is 5.53. The maximum absolute atomic E-state index is 4.33. The summed E-state index contributed by atoms with van der Waals surface area (Å²) >= 11 is 0. The normalized spacial score (nSPS) is 10.5. The molecule has 3 aromatic rings. The second-order valence-corrected chi connectivity index (χ2v) is 3.47. The van der Waals surface area contributed by atoms with Crippen LogP contribution in [0, 0.1) is 0 Å². The number of nitrogens with one attached hydrogen (secondary N) is 1. The molecular formula is C12H10N4. The van der Waals surface area contributed by atoms with E-state index in [0.29, 0.717) is 0 Å². The highest BCUT2D eigenvalue weighted by atomic mass is 15.1. The fourth-order valence-electron chi connectivity index (χ4n) is 1.60. The zero-order valence-electron chi connectivity index (χ0n) is 8.54. The molecule has 0 bridgehead atoms. The Balaban J connectivity index is 2.00. The first-order valence-electron chi connectivity index (χ1n) is 5.02. The van der Waals surface area contributed by atoms with Crippen molar-refractivity contribution in [2.45, 2.75) is 0 Å². The Morgan fingerprint density at radius 1 is 1.06 bits per heavy atom. The lowest BCUT2D eigenvalue weighted by molar-refractivity contribution is 1.06. The molecule has 2 heterocycles. The molecule has 0 aliphatic carbocycles. The van der Waals surface area contributed by atoms with Crippen LogP contribution in [0.2, 0.25) is 0 Å². The lowest BCUT2D eigenvalue weighted by Gasteiger charge is -1.99. The molecule has 0 saturated carbocycles. The van der Waals surface area contributed by atoms with Crippen molar-refractivity contribution in [3.63, 3.8) is 0 Å². The Morgan fingerprint density at radius 2 is 1.94 bits per heavy atom. The topological polar surface area (TPSA) is 46.5 Å². The molecule has 3 rings (SSSR count). The maximum Gasteiger partial charge on any atom is 0.106 e. The van der Waals surface area contributed by atoms with E-state index in [4.69, 9.17) is 0 Å². The van der Waals surface area contributed by atoms with Crippen LogP contribution in [0.25, 0.3) is 17.1 Å². The highest BCUT2D eigenvalue weighted by Gasteiger charge is 2.03. The molecule has 0 radical (unpaired) electrons. The minimum absolute atomic E-state index is 0.890. The first-order valence-corrected chi connectivity index (χ1v) is 5.02. The molecule has 16 heavy (non-hydrogen) atoms. The third kappa shape index (κ3) is 1.50. The number of imidazole rings is 1. The molecule has 0 saturated heterocycles. The molecule has 0 aliphatic heterocycles. The number of hydrogen-bond donors (Lipinski definition) is 1. The number of H-pyrrole nitrogens is 1. The summed E-state index contributed by atoms with van der Waals surface area (Å²) in [5.41, 5.74) is 2.91. The third-order valence-electron chi connectivity index (χ3n) is 2.41. The van der Waals surface area contributed by atoms with Crippen LogP contribution in [0.5, 0.6) is 0 Å². The van der Waals surface area contributed by atoms with Gasteiger partial charge in [0.2, 0.25) is 0 Å². The Labute approximate surface area is 92.6 Å². The van der Waals surface area contributed by atoms with E-state index in [-0.39, 0.29) is 0 Å². The second-order valence-electron chi connectivity index (χ2n) is 3.47. The maximum atomic E-state index is 4.33. The van der Waals surface area contributed by atoms with E-state index in [0.717, 1.165) is 17.1 Å². The predicted molar refractivity (Wildman–Crippen MR) is 61.1 cm³/mol. The van der Waals surface area contributed by atoms with Crippen molar-refractivity contribution in [2.24, 2.45) is 0 Å². The van der Waals surface area contributed by atoms with Crippen molar-refractivity contribution in [1.29, 1.82) is 0 Å². The molecule has 0 spiro atoms. The first kappa shape index (κ1) is 8.91. The zero-order chi connectivity index (χ0) is 10.8.